The van der Waals surface area contributed by atoms with E-state index < -0.39 is 17.5 Å². The van der Waals surface area contributed by atoms with Crippen LogP contribution >= 0.6 is 11.6 Å². The molecule has 0 bridgehead atoms. The number of rotatable bonds is 3. The maximum atomic E-state index is 13.5. The first kappa shape index (κ1) is 13.4. The van der Waals surface area contributed by atoms with Crippen LogP contribution in [0.25, 0.3) is 0 Å². The van der Waals surface area contributed by atoms with Crippen LogP contribution in [0.15, 0.2) is 36.7 Å². The van der Waals surface area contributed by atoms with Crippen molar-refractivity contribution in [3.05, 3.63) is 64.4 Å². The molecule has 0 fully saturated rings. The van der Waals surface area contributed by atoms with Crippen molar-refractivity contribution in [1.82, 2.24) is 10.3 Å². The molecule has 2 aromatic rings. The fourth-order valence-corrected chi connectivity index (χ4v) is 1.62. The molecule has 0 radical (unpaired) electrons. The number of carbonyl (C=O) groups is 1. The second-order valence-corrected chi connectivity index (χ2v) is 4.19. The van der Waals surface area contributed by atoms with Crippen molar-refractivity contribution >= 4 is 17.5 Å². The number of halogens is 3. The highest BCUT2D eigenvalue weighted by Gasteiger charge is 2.10. The largest absolute Gasteiger partial charge is 0.348 e. The molecular formula is C13H9ClF2N2O. The number of pyridine rings is 1. The Morgan fingerprint density at radius 2 is 2.11 bits per heavy atom. The highest BCUT2D eigenvalue weighted by Crippen LogP contribution is 2.19. The lowest BCUT2D eigenvalue weighted by atomic mass is 10.2. The summed E-state index contributed by atoms with van der Waals surface area (Å²) in [6, 6.07) is 5.02. The van der Waals surface area contributed by atoms with Gasteiger partial charge in [0, 0.05) is 24.5 Å². The van der Waals surface area contributed by atoms with Gasteiger partial charge in [-0.15, -0.1) is 0 Å². The van der Waals surface area contributed by atoms with Gasteiger partial charge >= 0.3 is 0 Å². The van der Waals surface area contributed by atoms with E-state index in [-0.39, 0.29) is 17.1 Å². The Labute approximate surface area is 113 Å². The first-order chi connectivity index (χ1) is 9.08. The fourth-order valence-electron chi connectivity index (χ4n) is 1.47. The molecule has 0 aliphatic carbocycles. The molecule has 0 spiro atoms. The molecule has 3 nitrogen and oxygen atoms in total. The standard InChI is InChI=1S/C13H9ClF2N2O/c14-10-5-11(15)9(4-12(10)16)7-18-13(19)8-2-1-3-17-6-8/h1-6H,7H2,(H,18,19). The Hall–Kier alpha value is -2.01. The number of hydrogen-bond acceptors (Lipinski definition) is 2. The maximum Gasteiger partial charge on any atom is 0.253 e. The summed E-state index contributed by atoms with van der Waals surface area (Å²) < 4.78 is 26.7. The van der Waals surface area contributed by atoms with E-state index in [1.54, 1.807) is 12.1 Å². The summed E-state index contributed by atoms with van der Waals surface area (Å²) in [4.78, 5) is 15.5. The van der Waals surface area contributed by atoms with Crippen LogP contribution in [0.4, 0.5) is 8.78 Å². The Morgan fingerprint density at radius 3 is 2.79 bits per heavy atom. The number of hydrogen-bond donors (Lipinski definition) is 1. The first-order valence-corrected chi connectivity index (χ1v) is 5.77. The Balaban J connectivity index is 2.07. The average molecular weight is 283 g/mol. The Morgan fingerprint density at radius 1 is 1.32 bits per heavy atom. The fraction of sp³-hybridized carbons (Fsp3) is 0.0769. The van der Waals surface area contributed by atoms with Gasteiger partial charge in [-0.3, -0.25) is 9.78 Å². The van der Waals surface area contributed by atoms with E-state index >= 15 is 0 Å². The van der Waals surface area contributed by atoms with E-state index in [2.05, 4.69) is 10.3 Å². The van der Waals surface area contributed by atoms with E-state index in [9.17, 15) is 13.6 Å². The highest BCUT2D eigenvalue weighted by atomic mass is 35.5. The highest BCUT2D eigenvalue weighted by molar-refractivity contribution is 6.30. The number of carbonyl (C=O) groups excluding carboxylic acids is 1. The minimum absolute atomic E-state index is 0.0270. The molecule has 19 heavy (non-hydrogen) atoms. The lowest BCUT2D eigenvalue weighted by Gasteiger charge is -2.07. The van der Waals surface area contributed by atoms with Gasteiger partial charge in [-0.1, -0.05) is 11.6 Å². The molecule has 98 valence electrons. The van der Waals surface area contributed by atoms with Gasteiger partial charge in [-0.05, 0) is 24.3 Å². The summed E-state index contributed by atoms with van der Waals surface area (Å²) >= 11 is 5.43. The molecule has 0 saturated heterocycles. The second-order valence-electron chi connectivity index (χ2n) is 3.78. The van der Waals surface area contributed by atoms with Crippen molar-refractivity contribution < 1.29 is 13.6 Å². The summed E-state index contributed by atoms with van der Waals surface area (Å²) in [5.41, 5.74) is 0.372. The van der Waals surface area contributed by atoms with E-state index in [1.165, 1.54) is 12.4 Å². The second kappa shape index (κ2) is 5.75. The quantitative estimate of drug-likeness (QED) is 0.880. The smallest absolute Gasteiger partial charge is 0.253 e. The number of benzene rings is 1. The molecule has 1 amide bonds. The predicted octanol–water partition coefficient (Wildman–Crippen LogP) is 2.94. The molecule has 2 rings (SSSR count). The van der Waals surface area contributed by atoms with Crippen LogP contribution in [-0.4, -0.2) is 10.9 Å². The maximum absolute atomic E-state index is 13.5. The normalized spacial score (nSPS) is 10.3. The third-order valence-electron chi connectivity index (χ3n) is 2.45. The van der Waals surface area contributed by atoms with Crippen LogP contribution in [0, 0.1) is 11.6 Å². The van der Waals surface area contributed by atoms with Crippen molar-refractivity contribution in [3.63, 3.8) is 0 Å². The number of nitrogens with one attached hydrogen (secondary N) is 1. The minimum atomic E-state index is -0.728. The number of amides is 1. The summed E-state index contributed by atoms with van der Waals surface area (Å²) in [5, 5.41) is 2.18. The van der Waals surface area contributed by atoms with Gasteiger partial charge in [0.05, 0.1) is 10.6 Å². The van der Waals surface area contributed by atoms with Gasteiger partial charge in [0.2, 0.25) is 0 Å². The average Bonchev–Trinajstić information content (AvgIpc) is 2.42. The van der Waals surface area contributed by atoms with Crippen LogP contribution in [0.1, 0.15) is 15.9 Å². The van der Waals surface area contributed by atoms with Crippen molar-refractivity contribution in [3.8, 4) is 0 Å². The lowest BCUT2D eigenvalue weighted by molar-refractivity contribution is 0.0950. The van der Waals surface area contributed by atoms with Gasteiger partial charge in [0.15, 0.2) is 0 Å². The minimum Gasteiger partial charge on any atom is -0.348 e. The van der Waals surface area contributed by atoms with Crippen molar-refractivity contribution in [1.29, 1.82) is 0 Å². The molecule has 1 heterocycles. The molecule has 0 saturated carbocycles. The van der Waals surface area contributed by atoms with Crippen molar-refractivity contribution in [2.24, 2.45) is 0 Å². The Kier molecular flexibility index (Phi) is 4.06. The van der Waals surface area contributed by atoms with Crippen LogP contribution in [-0.2, 0) is 6.54 Å². The van der Waals surface area contributed by atoms with E-state index in [1.807, 2.05) is 0 Å². The van der Waals surface area contributed by atoms with Crippen molar-refractivity contribution in [2.75, 3.05) is 0 Å². The zero-order valence-electron chi connectivity index (χ0n) is 9.66. The lowest BCUT2D eigenvalue weighted by Crippen LogP contribution is -2.23. The van der Waals surface area contributed by atoms with Crippen LogP contribution in [0.3, 0.4) is 0 Å². The molecule has 0 unspecified atom stereocenters. The summed E-state index contributed by atoms with van der Waals surface area (Å²) in [6.07, 6.45) is 2.92. The molecule has 1 aromatic carbocycles. The van der Waals surface area contributed by atoms with Crippen LogP contribution in [0.5, 0.6) is 0 Å². The van der Waals surface area contributed by atoms with E-state index in [0.29, 0.717) is 5.56 Å². The zero-order chi connectivity index (χ0) is 13.8. The molecule has 0 atom stereocenters. The molecule has 0 aliphatic heterocycles. The molecule has 6 heteroatoms. The SMILES string of the molecule is O=C(NCc1cc(F)c(Cl)cc1F)c1cccnc1. The summed E-state index contributed by atoms with van der Waals surface area (Å²) in [5.74, 6) is -1.81. The van der Waals surface area contributed by atoms with Crippen LogP contribution < -0.4 is 5.32 Å². The molecule has 1 N–H and O–H groups in total. The van der Waals surface area contributed by atoms with Crippen molar-refractivity contribution in [2.45, 2.75) is 6.54 Å². The molecule has 0 aliphatic rings. The van der Waals surface area contributed by atoms with E-state index in [0.717, 1.165) is 12.1 Å². The zero-order valence-corrected chi connectivity index (χ0v) is 10.4. The number of aromatic nitrogens is 1. The predicted molar refractivity (Wildman–Crippen MR) is 66.8 cm³/mol. The number of nitrogens with zero attached hydrogens (tertiary/aromatic N) is 1. The monoisotopic (exact) mass is 282 g/mol. The Bertz CT molecular complexity index is 605. The summed E-state index contributed by atoms with van der Waals surface area (Å²) in [7, 11) is 0. The van der Waals surface area contributed by atoms with E-state index in [4.69, 9.17) is 11.6 Å². The van der Waals surface area contributed by atoms with Gasteiger partial charge < -0.3 is 5.32 Å². The summed E-state index contributed by atoms with van der Waals surface area (Å²) in [6.45, 7) is -0.131. The van der Waals surface area contributed by atoms with Gasteiger partial charge in [0.1, 0.15) is 11.6 Å². The third-order valence-corrected chi connectivity index (χ3v) is 2.74. The van der Waals surface area contributed by atoms with Crippen LogP contribution in [0.2, 0.25) is 5.02 Å². The first-order valence-electron chi connectivity index (χ1n) is 5.39. The molecule has 1 aromatic heterocycles. The van der Waals surface area contributed by atoms with Gasteiger partial charge in [-0.25, -0.2) is 8.78 Å². The molecular weight excluding hydrogens is 274 g/mol. The van der Waals surface area contributed by atoms with Gasteiger partial charge in [0.25, 0.3) is 5.91 Å². The third kappa shape index (κ3) is 3.26. The van der Waals surface area contributed by atoms with Gasteiger partial charge in [-0.2, -0.15) is 0 Å². The topological polar surface area (TPSA) is 42.0 Å².